The van der Waals surface area contributed by atoms with Crippen molar-refractivity contribution in [1.29, 1.82) is 5.26 Å². The third kappa shape index (κ3) is 3.25. The molecule has 0 spiro atoms. The van der Waals surface area contributed by atoms with Gasteiger partial charge in [0.1, 0.15) is 10.3 Å². The normalized spacial score (nSPS) is 12.8. The van der Waals surface area contributed by atoms with Crippen molar-refractivity contribution in [3.05, 3.63) is 52.9 Å². The SMILES string of the molecule is CCc1ccc(S(=O)(=O)NC(C#N)c2ccccc2)s1. The summed E-state index contributed by atoms with van der Waals surface area (Å²) in [5.41, 5.74) is 0.630. The van der Waals surface area contributed by atoms with Gasteiger partial charge in [-0.1, -0.05) is 37.3 Å². The number of nitriles is 1. The molecule has 0 aliphatic heterocycles. The first-order valence-corrected chi connectivity index (χ1v) is 8.42. The highest BCUT2D eigenvalue weighted by atomic mass is 32.2. The third-order valence-electron chi connectivity index (χ3n) is 2.79. The van der Waals surface area contributed by atoms with Crippen molar-refractivity contribution in [3.8, 4) is 6.07 Å². The Morgan fingerprint density at radius 3 is 2.50 bits per heavy atom. The van der Waals surface area contributed by atoms with Crippen molar-refractivity contribution in [2.24, 2.45) is 0 Å². The van der Waals surface area contributed by atoms with Gasteiger partial charge in [0.25, 0.3) is 10.0 Å². The van der Waals surface area contributed by atoms with E-state index in [9.17, 15) is 8.42 Å². The van der Waals surface area contributed by atoms with E-state index in [1.165, 1.54) is 11.3 Å². The van der Waals surface area contributed by atoms with Gasteiger partial charge in [-0.05, 0) is 24.1 Å². The van der Waals surface area contributed by atoms with Gasteiger partial charge < -0.3 is 0 Å². The lowest BCUT2D eigenvalue weighted by molar-refractivity contribution is 0.577. The number of aryl methyl sites for hydroxylation is 1. The van der Waals surface area contributed by atoms with E-state index >= 15 is 0 Å². The molecule has 1 aromatic carbocycles. The van der Waals surface area contributed by atoms with E-state index in [2.05, 4.69) is 4.72 Å². The zero-order valence-corrected chi connectivity index (χ0v) is 12.5. The van der Waals surface area contributed by atoms with Gasteiger partial charge in [-0.25, -0.2) is 8.42 Å². The van der Waals surface area contributed by atoms with Crippen LogP contribution in [-0.2, 0) is 16.4 Å². The monoisotopic (exact) mass is 306 g/mol. The Kier molecular flexibility index (Phi) is 4.55. The van der Waals surface area contributed by atoms with Gasteiger partial charge in [0.15, 0.2) is 0 Å². The summed E-state index contributed by atoms with van der Waals surface area (Å²) in [6, 6.07) is 13.3. The van der Waals surface area contributed by atoms with Crippen molar-refractivity contribution >= 4 is 21.4 Å². The predicted octanol–water partition coefficient (Wildman–Crippen LogP) is 2.85. The van der Waals surface area contributed by atoms with Crippen LogP contribution in [0.1, 0.15) is 23.4 Å². The number of nitrogens with zero attached hydrogens (tertiary/aromatic N) is 1. The molecule has 2 rings (SSSR count). The molecule has 1 N–H and O–H groups in total. The fourth-order valence-electron chi connectivity index (χ4n) is 1.72. The summed E-state index contributed by atoms with van der Waals surface area (Å²) in [7, 11) is -3.66. The Labute approximate surface area is 122 Å². The maximum absolute atomic E-state index is 12.3. The maximum atomic E-state index is 12.3. The first kappa shape index (κ1) is 14.7. The standard InChI is InChI=1S/C14H14N2O2S2/c1-2-12-8-9-14(19-12)20(17,18)16-13(10-15)11-6-4-3-5-7-11/h3-9,13,16H,2H2,1H3. The van der Waals surface area contributed by atoms with Gasteiger partial charge in [-0.15, -0.1) is 11.3 Å². The number of sulfonamides is 1. The lowest BCUT2D eigenvalue weighted by Crippen LogP contribution is -2.27. The molecule has 0 saturated heterocycles. The molecule has 0 aliphatic carbocycles. The van der Waals surface area contributed by atoms with Gasteiger partial charge in [0.05, 0.1) is 6.07 Å². The van der Waals surface area contributed by atoms with Crippen LogP contribution in [0, 0.1) is 11.3 Å². The van der Waals surface area contributed by atoms with Crippen LogP contribution in [0.3, 0.4) is 0 Å². The largest absolute Gasteiger partial charge is 0.251 e. The molecule has 0 fully saturated rings. The molecular formula is C14H14N2O2S2. The Bertz CT molecular complexity index is 715. The van der Waals surface area contributed by atoms with E-state index in [-0.39, 0.29) is 4.21 Å². The van der Waals surface area contributed by atoms with Gasteiger partial charge in [0.2, 0.25) is 0 Å². The number of hydrogen-bond acceptors (Lipinski definition) is 4. The van der Waals surface area contributed by atoms with Crippen molar-refractivity contribution < 1.29 is 8.42 Å². The van der Waals surface area contributed by atoms with E-state index in [1.54, 1.807) is 36.4 Å². The molecule has 0 amide bonds. The molecule has 1 aromatic heterocycles. The summed E-state index contributed by atoms with van der Waals surface area (Å²) < 4.78 is 27.2. The Morgan fingerprint density at radius 2 is 1.95 bits per heavy atom. The van der Waals surface area contributed by atoms with Crippen LogP contribution in [0.15, 0.2) is 46.7 Å². The average Bonchev–Trinajstić information content (AvgIpc) is 2.95. The molecular weight excluding hydrogens is 292 g/mol. The van der Waals surface area contributed by atoms with Gasteiger partial charge in [-0.3, -0.25) is 0 Å². The van der Waals surface area contributed by atoms with Crippen molar-refractivity contribution in [3.63, 3.8) is 0 Å². The van der Waals surface area contributed by atoms with Crippen LogP contribution in [-0.4, -0.2) is 8.42 Å². The lowest BCUT2D eigenvalue weighted by atomic mass is 10.1. The second-order valence-corrected chi connectivity index (χ2v) is 7.28. The van der Waals surface area contributed by atoms with Crippen molar-refractivity contribution in [1.82, 2.24) is 4.72 Å². The first-order valence-electron chi connectivity index (χ1n) is 6.12. The highest BCUT2D eigenvalue weighted by Crippen LogP contribution is 2.24. The predicted molar refractivity (Wildman–Crippen MR) is 78.8 cm³/mol. The van der Waals surface area contributed by atoms with Crippen LogP contribution >= 0.6 is 11.3 Å². The molecule has 104 valence electrons. The Morgan fingerprint density at radius 1 is 1.25 bits per heavy atom. The summed E-state index contributed by atoms with van der Waals surface area (Å²) in [6.07, 6.45) is 0.792. The van der Waals surface area contributed by atoms with Crippen LogP contribution < -0.4 is 4.72 Å². The van der Waals surface area contributed by atoms with Gasteiger partial charge in [-0.2, -0.15) is 9.98 Å². The van der Waals surface area contributed by atoms with Gasteiger partial charge in [0, 0.05) is 4.88 Å². The minimum atomic E-state index is -3.66. The number of thiophene rings is 1. The summed E-state index contributed by atoms with van der Waals surface area (Å²) in [5, 5.41) is 9.17. The number of benzene rings is 1. The van der Waals surface area contributed by atoms with E-state index in [4.69, 9.17) is 5.26 Å². The zero-order chi connectivity index (χ0) is 14.6. The highest BCUT2D eigenvalue weighted by molar-refractivity contribution is 7.91. The van der Waals surface area contributed by atoms with Crippen molar-refractivity contribution in [2.45, 2.75) is 23.6 Å². The van der Waals surface area contributed by atoms with Crippen LogP contribution in [0.2, 0.25) is 0 Å². The Hall–Kier alpha value is -1.68. The number of rotatable bonds is 5. The number of hydrogen-bond donors (Lipinski definition) is 1. The van der Waals surface area contributed by atoms with Crippen LogP contribution in [0.4, 0.5) is 0 Å². The molecule has 6 heteroatoms. The first-order chi connectivity index (χ1) is 9.56. The Balaban J connectivity index is 2.25. The topological polar surface area (TPSA) is 70.0 Å². The summed E-state index contributed by atoms with van der Waals surface area (Å²) >= 11 is 1.23. The zero-order valence-electron chi connectivity index (χ0n) is 10.9. The smallest absolute Gasteiger partial charge is 0.206 e. The van der Waals surface area contributed by atoms with E-state index in [0.29, 0.717) is 5.56 Å². The molecule has 1 heterocycles. The highest BCUT2D eigenvalue weighted by Gasteiger charge is 2.22. The molecule has 0 bridgehead atoms. The molecule has 1 unspecified atom stereocenters. The quantitative estimate of drug-likeness (QED) is 0.923. The molecule has 4 nitrogen and oxygen atoms in total. The van der Waals surface area contributed by atoms with Crippen LogP contribution in [0.25, 0.3) is 0 Å². The van der Waals surface area contributed by atoms with E-state index in [1.807, 2.05) is 19.1 Å². The van der Waals surface area contributed by atoms with E-state index in [0.717, 1.165) is 11.3 Å². The molecule has 1 atom stereocenters. The third-order valence-corrected chi connectivity index (χ3v) is 5.93. The summed E-state index contributed by atoms with van der Waals surface area (Å²) in [6.45, 7) is 1.97. The minimum Gasteiger partial charge on any atom is -0.206 e. The molecule has 20 heavy (non-hydrogen) atoms. The summed E-state index contributed by atoms with van der Waals surface area (Å²) in [4.78, 5) is 0.999. The van der Waals surface area contributed by atoms with Crippen molar-refractivity contribution in [2.75, 3.05) is 0 Å². The molecule has 0 aliphatic rings. The fourth-order valence-corrected chi connectivity index (χ4v) is 4.16. The van der Waals surface area contributed by atoms with E-state index < -0.39 is 16.1 Å². The number of nitrogens with one attached hydrogen (secondary N) is 1. The maximum Gasteiger partial charge on any atom is 0.251 e. The molecule has 2 aromatic rings. The second-order valence-electron chi connectivity index (χ2n) is 4.17. The molecule has 0 radical (unpaired) electrons. The lowest BCUT2D eigenvalue weighted by Gasteiger charge is -2.11. The van der Waals surface area contributed by atoms with Gasteiger partial charge >= 0.3 is 0 Å². The fraction of sp³-hybridized carbons (Fsp3) is 0.214. The molecule has 0 saturated carbocycles. The van der Waals surface area contributed by atoms with Crippen LogP contribution in [0.5, 0.6) is 0 Å². The second kappa shape index (κ2) is 6.18. The summed E-state index contributed by atoms with van der Waals surface area (Å²) in [5.74, 6) is 0. The average molecular weight is 306 g/mol. The minimum absolute atomic E-state index is 0.241.